The van der Waals surface area contributed by atoms with Gasteiger partial charge in [-0.25, -0.2) is 13.6 Å². The number of ether oxygens (including phenoxy) is 1. The van der Waals surface area contributed by atoms with Gasteiger partial charge in [-0.15, -0.1) is 0 Å². The maximum absolute atomic E-state index is 13.7. The molecule has 0 radical (unpaired) electrons. The summed E-state index contributed by atoms with van der Waals surface area (Å²) in [6.07, 6.45) is -0.885. The second-order valence-electron chi connectivity index (χ2n) is 6.91. The summed E-state index contributed by atoms with van der Waals surface area (Å²) in [4.78, 5) is 13.6. The number of halogens is 2. The molecular weight excluding hydrogens is 288 g/mol. The van der Waals surface area contributed by atoms with Crippen molar-refractivity contribution in [2.24, 2.45) is 0 Å². The summed E-state index contributed by atoms with van der Waals surface area (Å²) in [5, 5.41) is 0. The highest BCUT2D eigenvalue weighted by Crippen LogP contribution is 2.26. The van der Waals surface area contributed by atoms with Gasteiger partial charge in [0.1, 0.15) is 17.6 Å². The Morgan fingerprint density at radius 2 is 2.09 bits per heavy atom. The Hall–Kier alpha value is -1.65. The van der Waals surface area contributed by atoms with Gasteiger partial charge in [-0.2, -0.15) is 0 Å². The number of hydrogen-bond acceptors (Lipinski definition) is 2. The largest absolute Gasteiger partial charge is 0.444 e. The third kappa shape index (κ3) is 4.18. The zero-order valence-electron chi connectivity index (χ0n) is 13.5. The van der Waals surface area contributed by atoms with Crippen molar-refractivity contribution in [3.63, 3.8) is 0 Å². The van der Waals surface area contributed by atoms with E-state index in [0.29, 0.717) is 12.0 Å². The first-order chi connectivity index (χ1) is 10.2. The van der Waals surface area contributed by atoms with Gasteiger partial charge < -0.3 is 9.64 Å². The predicted octanol–water partition coefficient (Wildman–Crippen LogP) is 4.02. The number of benzene rings is 1. The third-order valence-corrected chi connectivity index (χ3v) is 3.70. The van der Waals surface area contributed by atoms with E-state index in [1.807, 2.05) is 6.07 Å². The molecule has 1 aliphatic rings. The number of alkyl halides is 1. The van der Waals surface area contributed by atoms with E-state index in [1.165, 1.54) is 11.0 Å². The van der Waals surface area contributed by atoms with Crippen molar-refractivity contribution in [1.29, 1.82) is 0 Å². The molecule has 1 heterocycles. The van der Waals surface area contributed by atoms with E-state index in [2.05, 4.69) is 0 Å². The second-order valence-corrected chi connectivity index (χ2v) is 6.91. The molecule has 1 aromatic rings. The lowest BCUT2D eigenvalue weighted by Gasteiger charge is -2.28. The number of hydrogen-bond donors (Lipinski definition) is 0. The van der Waals surface area contributed by atoms with Crippen LogP contribution in [0.3, 0.4) is 0 Å². The van der Waals surface area contributed by atoms with Crippen molar-refractivity contribution in [1.82, 2.24) is 4.90 Å². The zero-order valence-corrected chi connectivity index (χ0v) is 13.5. The Morgan fingerprint density at radius 3 is 2.68 bits per heavy atom. The average molecular weight is 311 g/mol. The summed E-state index contributed by atoms with van der Waals surface area (Å²) in [5.41, 5.74) is 0.713. The molecule has 1 saturated heterocycles. The van der Waals surface area contributed by atoms with Crippen LogP contribution < -0.4 is 0 Å². The zero-order chi connectivity index (χ0) is 16.5. The van der Waals surface area contributed by atoms with E-state index < -0.39 is 17.9 Å². The lowest BCUT2D eigenvalue weighted by molar-refractivity contribution is 0.0219. The van der Waals surface area contributed by atoms with Crippen LogP contribution >= 0.6 is 0 Å². The van der Waals surface area contributed by atoms with E-state index in [9.17, 15) is 13.6 Å². The van der Waals surface area contributed by atoms with Gasteiger partial charge in [0.05, 0.1) is 6.54 Å². The first-order valence-electron chi connectivity index (χ1n) is 7.54. The molecule has 1 aliphatic heterocycles. The van der Waals surface area contributed by atoms with Crippen molar-refractivity contribution in [3.05, 3.63) is 35.1 Å². The molecule has 1 fully saturated rings. The Bertz CT molecular complexity index is 554. The highest BCUT2D eigenvalue weighted by atomic mass is 19.1. The van der Waals surface area contributed by atoms with Gasteiger partial charge in [-0.05, 0) is 51.3 Å². The molecule has 3 nitrogen and oxygen atoms in total. The maximum Gasteiger partial charge on any atom is 0.410 e. The van der Waals surface area contributed by atoms with Crippen molar-refractivity contribution in [3.8, 4) is 0 Å². The molecule has 0 aliphatic carbocycles. The van der Waals surface area contributed by atoms with Gasteiger partial charge in [0.15, 0.2) is 0 Å². The van der Waals surface area contributed by atoms with Crippen molar-refractivity contribution in [2.45, 2.75) is 58.4 Å². The number of carbonyl (C=O) groups is 1. The number of carbonyl (C=O) groups excluding carboxylic acids is 1. The van der Waals surface area contributed by atoms with Crippen molar-refractivity contribution < 1.29 is 18.3 Å². The fourth-order valence-electron chi connectivity index (χ4n) is 2.63. The predicted molar refractivity (Wildman–Crippen MR) is 81.1 cm³/mol. The minimum absolute atomic E-state index is 0.0356. The number of nitrogens with zero attached hydrogens (tertiary/aromatic N) is 1. The summed E-state index contributed by atoms with van der Waals surface area (Å²) in [5.74, 6) is -0.281. The van der Waals surface area contributed by atoms with Gasteiger partial charge >= 0.3 is 6.09 Å². The minimum Gasteiger partial charge on any atom is -0.444 e. The summed E-state index contributed by atoms with van der Waals surface area (Å²) in [6, 6.07) is 4.67. The van der Waals surface area contributed by atoms with Gasteiger partial charge in [0.25, 0.3) is 0 Å². The lowest BCUT2D eigenvalue weighted by Crippen LogP contribution is -2.40. The number of aryl methyl sites for hydroxylation is 1. The number of amides is 1. The summed E-state index contributed by atoms with van der Waals surface area (Å²) in [6.45, 7) is 7.06. The summed E-state index contributed by atoms with van der Waals surface area (Å²) >= 11 is 0. The molecule has 122 valence electrons. The van der Waals surface area contributed by atoms with E-state index in [-0.39, 0.29) is 24.8 Å². The van der Waals surface area contributed by atoms with E-state index >= 15 is 0 Å². The Kier molecular flexibility index (Phi) is 4.73. The monoisotopic (exact) mass is 311 g/mol. The first-order valence-corrected chi connectivity index (χ1v) is 7.54. The Morgan fingerprint density at radius 1 is 1.41 bits per heavy atom. The van der Waals surface area contributed by atoms with Crippen LogP contribution in [-0.4, -0.2) is 35.4 Å². The number of likely N-dealkylation sites (tertiary alicyclic amines) is 1. The van der Waals surface area contributed by atoms with Crippen LogP contribution in [0.25, 0.3) is 0 Å². The summed E-state index contributed by atoms with van der Waals surface area (Å²) < 4.78 is 32.7. The first kappa shape index (κ1) is 16.7. The number of rotatable bonds is 2. The quantitative estimate of drug-likeness (QED) is 0.825. The highest BCUT2D eigenvalue weighted by molar-refractivity contribution is 5.69. The molecule has 1 amide bonds. The SMILES string of the molecule is Cc1ccc(C[C@@H]2C[C@@H](F)CN2C(=O)OC(C)(C)C)cc1F. The molecule has 1 aromatic carbocycles. The van der Waals surface area contributed by atoms with E-state index in [4.69, 9.17) is 4.74 Å². The highest BCUT2D eigenvalue weighted by Gasteiger charge is 2.37. The molecule has 2 rings (SSSR count). The van der Waals surface area contributed by atoms with Crippen molar-refractivity contribution >= 4 is 6.09 Å². The molecule has 0 bridgehead atoms. The molecule has 5 heteroatoms. The molecule has 0 spiro atoms. The molecular formula is C17H23F2NO2. The van der Waals surface area contributed by atoms with Gasteiger partial charge in [0.2, 0.25) is 0 Å². The average Bonchev–Trinajstić information content (AvgIpc) is 2.73. The maximum atomic E-state index is 13.7. The molecule has 0 aromatic heterocycles. The van der Waals surface area contributed by atoms with Gasteiger partial charge in [-0.1, -0.05) is 12.1 Å². The fourth-order valence-corrected chi connectivity index (χ4v) is 2.63. The van der Waals surface area contributed by atoms with Crippen LogP contribution in [0.2, 0.25) is 0 Å². The normalized spacial score (nSPS) is 22.0. The van der Waals surface area contributed by atoms with E-state index in [0.717, 1.165) is 5.56 Å². The van der Waals surface area contributed by atoms with Crippen LogP contribution in [-0.2, 0) is 11.2 Å². The molecule has 0 saturated carbocycles. The fraction of sp³-hybridized carbons (Fsp3) is 0.588. The van der Waals surface area contributed by atoms with E-state index in [1.54, 1.807) is 33.8 Å². The smallest absolute Gasteiger partial charge is 0.410 e. The summed E-state index contributed by atoms with van der Waals surface area (Å²) in [7, 11) is 0. The second kappa shape index (κ2) is 6.23. The van der Waals surface area contributed by atoms with Gasteiger partial charge in [-0.3, -0.25) is 0 Å². The van der Waals surface area contributed by atoms with Crippen LogP contribution in [0.4, 0.5) is 13.6 Å². The Labute approximate surface area is 130 Å². The Balaban J connectivity index is 2.10. The lowest BCUT2D eigenvalue weighted by atomic mass is 10.0. The van der Waals surface area contributed by atoms with Crippen LogP contribution in [0.5, 0.6) is 0 Å². The van der Waals surface area contributed by atoms with Crippen LogP contribution in [0.1, 0.15) is 38.3 Å². The third-order valence-electron chi connectivity index (χ3n) is 3.70. The minimum atomic E-state index is -1.06. The molecule has 22 heavy (non-hydrogen) atoms. The standard InChI is InChI=1S/C17H23F2NO2/c1-11-5-6-12(8-15(11)19)7-14-9-13(18)10-20(14)16(21)22-17(2,3)4/h5-6,8,13-14H,7,9-10H2,1-4H3/t13-,14-/m1/s1. The molecule has 2 atom stereocenters. The van der Waals surface area contributed by atoms with Crippen LogP contribution in [0, 0.1) is 12.7 Å². The van der Waals surface area contributed by atoms with Gasteiger partial charge in [0, 0.05) is 12.5 Å². The topological polar surface area (TPSA) is 29.5 Å². The molecule has 0 unspecified atom stereocenters. The van der Waals surface area contributed by atoms with Crippen LogP contribution in [0.15, 0.2) is 18.2 Å². The van der Waals surface area contributed by atoms with Crippen molar-refractivity contribution in [2.75, 3.05) is 6.54 Å². The molecule has 0 N–H and O–H groups in total.